The maximum Gasteiger partial charge on any atom is 0.272 e. The molecule has 3 nitrogen and oxygen atoms in total. The van der Waals surface area contributed by atoms with Crippen molar-refractivity contribution in [3.8, 4) is 0 Å². The Bertz CT molecular complexity index is 669. The van der Waals surface area contributed by atoms with Gasteiger partial charge < -0.3 is 0 Å². The molecule has 0 heterocycles. The zero-order chi connectivity index (χ0) is 14.5. The van der Waals surface area contributed by atoms with Crippen molar-refractivity contribution in [2.45, 2.75) is 6.92 Å². The summed E-state index contributed by atoms with van der Waals surface area (Å²) in [4.78, 5) is 11.9. The Morgan fingerprint density at radius 3 is 2.65 bits per heavy atom. The molecular weight excluding hydrogens is 295 g/mol. The third-order valence-electron chi connectivity index (χ3n) is 2.73. The number of rotatable bonds is 3. The van der Waals surface area contributed by atoms with E-state index in [-0.39, 0.29) is 5.91 Å². The smallest absolute Gasteiger partial charge is 0.267 e. The molecule has 0 saturated carbocycles. The molecule has 0 aliphatic carbocycles. The number of hydrazone groups is 1. The summed E-state index contributed by atoms with van der Waals surface area (Å²) in [5.41, 5.74) is 4.79. The first kappa shape index (κ1) is 14.6. The highest BCUT2D eigenvalue weighted by atomic mass is 35.5. The summed E-state index contributed by atoms with van der Waals surface area (Å²) in [5.74, 6) is -0.378. The molecule has 0 aliphatic rings. The van der Waals surface area contributed by atoms with Crippen LogP contribution in [0.15, 0.2) is 47.6 Å². The van der Waals surface area contributed by atoms with Crippen molar-refractivity contribution in [2.24, 2.45) is 5.10 Å². The highest BCUT2D eigenvalue weighted by Crippen LogP contribution is 2.20. The second kappa shape index (κ2) is 6.55. The van der Waals surface area contributed by atoms with Gasteiger partial charge in [-0.1, -0.05) is 47.5 Å². The molecule has 0 aliphatic heterocycles. The van der Waals surface area contributed by atoms with E-state index in [9.17, 15) is 4.79 Å². The van der Waals surface area contributed by atoms with Crippen LogP contribution in [0.25, 0.3) is 0 Å². The van der Waals surface area contributed by atoms with Crippen LogP contribution in [-0.4, -0.2) is 12.1 Å². The molecule has 0 atom stereocenters. The minimum atomic E-state index is -0.378. The van der Waals surface area contributed by atoms with E-state index in [0.717, 1.165) is 11.1 Å². The van der Waals surface area contributed by atoms with Crippen molar-refractivity contribution >= 4 is 35.3 Å². The van der Waals surface area contributed by atoms with Crippen molar-refractivity contribution in [3.63, 3.8) is 0 Å². The van der Waals surface area contributed by atoms with Crippen LogP contribution in [-0.2, 0) is 0 Å². The predicted octanol–water partition coefficient (Wildman–Crippen LogP) is 4.07. The van der Waals surface area contributed by atoms with Gasteiger partial charge in [0.25, 0.3) is 5.91 Å². The molecule has 0 spiro atoms. The van der Waals surface area contributed by atoms with E-state index in [1.165, 1.54) is 6.07 Å². The number of nitrogens with zero attached hydrogens (tertiary/aromatic N) is 1. The van der Waals surface area contributed by atoms with Gasteiger partial charge in [0, 0.05) is 5.02 Å². The second-order valence-electron chi connectivity index (χ2n) is 4.18. The quantitative estimate of drug-likeness (QED) is 0.674. The highest BCUT2D eigenvalue weighted by molar-refractivity contribution is 6.36. The van der Waals surface area contributed by atoms with Crippen molar-refractivity contribution < 1.29 is 4.79 Å². The fourth-order valence-corrected chi connectivity index (χ4v) is 2.12. The average molecular weight is 307 g/mol. The number of nitrogens with one attached hydrogen (secondary N) is 1. The van der Waals surface area contributed by atoms with E-state index in [0.29, 0.717) is 15.6 Å². The number of hydrogen-bond acceptors (Lipinski definition) is 2. The molecule has 2 rings (SSSR count). The lowest BCUT2D eigenvalue weighted by Crippen LogP contribution is -2.18. The maximum absolute atomic E-state index is 11.9. The summed E-state index contributed by atoms with van der Waals surface area (Å²) in [6.07, 6.45) is 1.59. The van der Waals surface area contributed by atoms with Gasteiger partial charge in [0.05, 0.1) is 16.8 Å². The molecular formula is C15H12Cl2N2O. The van der Waals surface area contributed by atoms with Crippen LogP contribution in [0.4, 0.5) is 0 Å². The molecule has 0 bridgehead atoms. The molecule has 0 saturated heterocycles. The average Bonchev–Trinajstić information content (AvgIpc) is 2.40. The zero-order valence-corrected chi connectivity index (χ0v) is 12.2. The van der Waals surface area contributed by atoms with Crippen LogP contribution < -0.4 is 5.43 Å². The lowest BCUT2D eigenvalue weighted by molar-refractivity contribution is 0.0955. The van der Waals surface area contributed by atoms with Gasteiger partial charge in [0.15, 0.2) is 0 Å². The molecule has 0 unspecified atom stereocenters. The molecule has 2 aromatic rings. The van der Waals surface area contributed by atoms with Gasteiger partial charge in [-0.15, -0.1) is 0 Å². The van der Waals surface area contributed by atoms with Crippen LogP contribution in [0.1, 0.15) is 21.5 Å². The Balaban J connectivity index is 2.07. The molecule has 5 heteroatoms. The van der Waals surface area contributed by atoms with Crippen LogP contribution >= 0.6 is 23.2 Å². The fraction of sp³-hybridized carbons (Fsp3) is 0.0667. The summed E-state index contributed by atoms with van der Waals surface area (Å²) >= 11 is 11.7. The molecule has 0 aromatic heterocycles. The van der Waals surface area contributed by atoms with Crippen LogP contribution in [0.5, 0.6) is 0 Å². The Morgan fingerprint density at radius 2 is 1.95 bits per heavy atom. The van der Waals surface area contributed by atoms with E-state index in [4.69, 9.17) is 23.2 Å². The molecule has 2 aromatic carbocycles. The van der Waals surface area contributed by atoms with Crippen LogP contribution in [0.3, 0.4) is 0 Å². The van der Waals surface area contributed by atoms with E-state index < -0.39 is 0 Å². The van der Waals surface area contributed by atoms with Gasteiger partial charge in [-0.25, -0.2) is 5.43 Å². The van der Waals surface area contributed by atoms with E-state index in [2.05, 4.69) is 10.5 Å². The zero-order valence-electron chi connectivity index (χ0n) is 10.7. The van der Waals surface area contributed by atoms with Crippen molar-refractivity contribution in [3.05, 3.63) is 69.2 Å². The first-order valence-electron chi connectivity index (χ1n) is 5.92. The monoisotopic (exact) mass is 306 g/mol. The van der Waals surface area contributed by atoms with Crippen molar-refractivity contribution in [2.75, 3.05) is 0 Å². The van der Waals surface area contributed by atoms with Gasteiger partial charge in [-0.3, -0.25) is 4.79 Å². The number of carbonyl (C=O) groups is 1. The number of hydrogen-bond donors (Lipinski definition) is 1. The fourth-order valence-electron chi connectivity index (χ4n) is 1.63. The molecule has 0 radical (unpaired) electrons. The van der Waals surface area contributed by atoms with E-state index >= 15 is 0 Å². The van der Waals surface area contributed by atoms with Crippen LogP contribution in [0, 0.1) is 6.92 Å². The number of benzene rings is 2. The number of carbonyl (C=O) groups excluding carboxylic acids is 1. The molecule has 0 fully saturated rings. The summed E-state index contributed by atoms with van der Waals surface area (Å²) in [6.45, 7) is 1.97. The van der Waals surface area contributed by atoms with Crippen LogP contribution in [0.2, 0.25) is 10.0 Å². The number of amides is 1. The van der Waals surface area contributed by atoms with Crippen molar-refractivity contribution in [1.82, 2.24) is 5.43 Å². The molecule has 102 valence electrons. The summed E-state index contributed by atoms with van der Waals surface area (Å²) < 4.78 is 0. The van der Waals surface area contributed by atoms with Gasteiger partial charge in [0.2, 0.25) is 0 Å². The topological polar surface area (TPSA) is 41.5 Å². The van der Waals surface area contributed by atoms with Crippen molar-refractivity contribution in [1.29, 1.82) is 0 Å². The second-order valence-corrected chi connectivity index (χ2v) is 5.02. The largest absolute Gasteiger partial charge is 0.272 e. The third kappa shape index (κ3) is 3.59. The maximum atomic E-state index is 11.9. The normalized spacial score (nSPS) is 10.8. The Hall–Kier alpha value is -1.84. The minimum Gasteiger partial charge on any atom is -0.267 e. The van der Waals surface area contributed by atoms with E-state index in [1.54, 1.807) is 18.3 Å². The molecule has 1 N–H and O–H groups in total. The summed E-state index contributed by atoms with van der Waals surface area (Å²) in [6, 6.07) is 12.4. The lowest BCUT2D eigenvalue weighted by atomic mass is 10.1. The SMILES string of the molecule is Cc1ccccc1/C=N\NC(=O)c1ccc(Cl)cc1Cl. The van der Waals surface area contributed by atoms with Gasteiger partial charge in [-0.2, -0.15) is 5.10 Å². The standard InChI is InChI=1S/C15H12Cl2N2O/c1-10-4-2-3-5-11(10)9-18-19-15(20)13-7-6-12(16)8-14(13)17/h2-9H,1H3,(H,19,20)/b18-9-. The first-order chi connectivity index (χ1) is 9.58. The molecule has 20 heavy (non-hydrogen) atoms. The molecule has 1 amide bonds. The van der Waals surface area contributed by atoms with E-state index in [1.807, 2.05) is 31.2 Å². The highest BCUT2D eigenvalue weighted by Gasteiger charge is 2.09. The van der Waals surface area contributed by atoms with Gasteiger partial charge >= 0.3 is 0 Å². The number of aryl methyl sites for hydroxylation is 1. The summed E-state index contributed by atoms with van der Waals surface area (Å²) in [7, 11) is 0. The Kier molecular flexibility index (Phi) is 4.77. The Labute approximate surface area is 127 Å². The Morgan fingerprint density at radius 1 is 1.20 bits per heavy atom. The predicted molar refractivity (Wildman–Crippen MR) is 82.7 cm³/mol. The van der Waals surface area contributed by atoms with Gasteiger partial charge in [-0.05, 0) is 36.2 Å². The van der Waals surface area contributed by atoms with Gasteiger partial charge in [0.1, 0.15) is 0 Å². The first-order valence-corrected chi connectivity index (χ1v) is 6.67. The lowest BCUT2D eigenvalue weighted by Gasteiger charge is -2.03. The third-order valence-corrected chi connectivity index (χ3v) is 3.28. The summed E-state index contributed by atoms with van der Waals surface area (Å²) in [5, 5.41) is 4.70. The minimum absolute atomic E-state index is 0.293. The number of halogens is 2.